The Bertz CT molecular complexity index is 672. The van der Waals surface area contributed by atoms with Gasteiger partial charge in [0.05, 0.1) is 19.8 Å². The zero-order chi connectivity index (χ0) is 27.2. The Balaban J connectivity index is 0. The highest BCUT2D eigenvalue weighted by Gasteiger charge is 2.85. The van der Waals surface area contributed by atoms with Gasteiger partial charge < -0.3 is 9.47 Å². The summed E-state index contributed by atoms with van der Waals surface area (Å²) in [7, 11) is -6.76. The molecule has 0 amide bonds. The first-order valence-electron chi connectivity index (χ1n) is 11.3. The predicted octanol–water partition coefficient (Wildman–Crippen LogP) is 6.87. The topological polar surface area (TPSA) is 61.8 Å². The van der Waals surface area contributed by atoms with Crippen molar-refractivity contribution in [3.05, 3.63) is 0 Å². The van der Waals surface area contributed by atoms with Gasteiger partial charge in [0.15, 0.2) is 0 Å². The molecule has 16 heteroatoms. The Kier molecular flexibility index (Phi) is 17.5. The normalized spacial score (nSPS) is 13.6. The second-order valence-corrected chi connectivity index (χ2v) is 9.50. The summed E-state index contributed by atoms with van der Waals surface area (Å²) < 4.78 is 152. The number of ether oxygens (including phenoxy) is 2. The van der Waals surface area contributed by atoms with Crippen LogP contribution in [0.5, 0.6) is 0 Å². The molecule has 0 N–H and O–H groups in total. The van der Waals surface area contributed by atoms with Gasteiger partial charge in [0.2, 0.25) is 0 Å². The monoisotopic (exact) mass is 576 g/mol. The molecule has 0 aliphatic heterocycles. The third kappa shape index (κ3) is 11.3. The summed E-state index contributed by atoms with van der Waals surface area (Å²) in [6.07, 6.45) is -0.308. The van der Waals surface area contributed by atoms with Crippen molar-refractivity contribution in [2.75, 3.05) is 33.0 Å². The SMILES string of the molecule is CCCCOCCOCCCCCCCCCCOS(=O)(=O)C(F)(F)C(F)(F)C(F)(F)C(F)(F)F.F. The molecule has 0 heterocycles. The highest BCUT2D eigenvalue weighted by Crippen LogP contribution is 2.54. The van der Waals surface area contributed by atoms with Crippen LogP contribution >= 0.6 is 0 Å². The standard InChI is InChI=1S/C20H33F9O5S.FH/c1-2-3-12-32-15-16-33-13-10-8-6-4-5-7-9-11-14-34-35(30,31)20(28,29)18(23,24)17(21,22)19(25,26)27;/h2-16H2,1H3;1H. The van der Waals surface area contributed by atoms with Crippen LogP contribution in [0.15, 0.2) is 0 Å². The zero-order valence-corrected chi connectivity index (χ0v) is 20.7. The molecular formula is C20H34F10O5S. The first-order valence-corrected chi connectivity index (χ1v) is 12.7. The number of unbranched alkanes of at least 4 members (excludes halogenated alkanes) is 8. The Morgan fingerprint density at radius 3 is 1.36 bits per heavy atom. The van der Waals surface area contributed by atoms with E-state index in [2.05, 4.69) is 11.1 Å². The lowest BCUT2D eigenvalue weighted by molar-refractivity contribution is -0.382. The van der Waals surface area contributed by atoms with Crippen LogP contribution in [-0.2, 0) is 23.8 Å². The molecule has 0 aliphatic carbocycles. The molecule has 0 rings (SSSR count). The molecule has 0 aromatic carbocycles. The van der Waals surface area contributed by atoms with Crippen molar-refractivity contribution < 1.29 is 66.3 Å². The van der Waals surface area contributed by atoms with Crippen LogP contribution in [0.1, 0.15) is 71.1 Å². The fourth-order valence-corrected chi connectivity index (χ4v) is 3.62. The van der Waals surface area contributed by atoms with Gasteiger partial charge in [-0.25, -0.2) is 0 Å². The van der Waals surface area contributed by atoms with E-state index in [1.165, 1.54) is 0 Å². The number of alkyl halides is 9. The van der Waals surface area contributed by atoms with E-state index >= 15 is 0 Å². The summed E-state index contributed by atoms with van der Waals surface area (Å²) in [6, 6.07) is 0. The summed E-state index contributed by atoms with van der Waals surface area (Å²) in [5, 5.41) is -6.80. The summed E-state index contributed by atoms with van der Waals surface area (Å²) >= 11 is 0. The van der Waals surface area contributed by atoms with Crippen LogP contribution in [0, 0.1) is 0 Å². The van der Waals surface area contributed by atoms with Crippen molar-refractivity contribution in [2.45, 2.75) is 94.4 Å². The third-order valence-electron chi connectivity index (χ3n) is 4.87. The summed E-state index contributed by atoms with van der Waals surface area (Å²) in [4.78, 5) is 0. The minimum Gasteiger partial charge on any atom is -0.379 e. The zero-order valence-electron chi connectivity index (χ0n) is 19.9. The van der Waals surface area contributed by atoms with E-state index in [1.54, 1.807) is 0 Å². The summed E-state index contributed by atoms with van der Waals surface area (Å²) in [5.74, 6) is -14.6. The molecule has 0 bridgehead atoms. The van der Waals surface area contributed by atoms with Gasteiger partial charge >= 0.3 is 33.4 Å². The molecule has 0 aromatic heterocycles. The molecule has 0 fully saturated rings. The molecular weight excluding hydrogens is 542 g/mol. The fourth-order valence-electron chi connectivity index (χ4n) is 2.70. The van der Waals surface area contributed by atoms with Crippen LogP contribution in [0.2, 0.25) is 0 Å². The van der Waals surface area contributed by atoms with Crippen LogP contribution in [0.25, 0.3) is 0 Å². The Morgan fingerprint density at radius 2 is 0.944 bits per heavy atom. The average molecular weight is 577 g/mol. The van der Waals surface area contributed by atoms with E-state index in [9.17, 15) is 47.9 Å². The van der Waals surface area contributed by atoms with Crippen LogP contribution in [0.4, 0.5) is 44.2 Å². The Labute approximate surface area is 204 Å². The number of hydrogen-bond donors (Lipinski definition) is 0. The maximum absolute atomic E-state index is 13.5. The summed E-state index contributed by atoms with van der Waals surface area (Å²) in [6.45, 7) is 3.39. The lowest BCUT2D eigenvalue weighted by Crippen LogP contribution is -2.63. The molecule has 0 atom stereocenters. The van der Waals surface area contributed by atoms with Gasteiger partial charge in [0.25, 0.3) is 0 Å². The van der Waals surface area contributed by atoms with Gasteiger partial charge in [-0.1, -0.05) is 51.9 Å². The maximum atomic E-state index is 13.5. The van der Waals surface area contributed by atoms with Crippen molar-refractivity contribution in [1.82, 2.24) is 0 Å². The lowest BCUT2D eigenvalue weighted by atomic mass is 10.1. The molecule has 0 aliphatic rings. The van der Waals surface area contributed by atoms with Crippen molar-refractivity contribution in [3.8, 4) is 0 Å². The first kappa shape index (κ1) is 37.3. The minimum atomic E-state index is -7.30. The number of hydrogen-bond acceptors (Lipinski definition) is 5. The minimum absolute atomic E-state index is 0. The van der Waals surface area contributed by atoms with Crippen LogP contribution in [-0.4, -0.2) is 64.7 Å². The first-order chi connectivity index (χ1) is 16.1. The lowest BCUT2D eigenvalue weighted by Gasteiger charge is -2.32. The molecule has 0 aromatic rings. The highest BCUT2D eigenvalue weighted by molar-refractivity contribution is 7.87. The third-order valence-corrected chi connectivity index (χ3v) is 6.23. The number of halogens is 10. The summed E-state index contributed by atoms with van der Waals surface area (Å²) in [5.41, 5.74) is 0. The van der Waals surface area contributed by atoms with Gasteiger partial charge in [0.1, 0.15) is 0 Å². The van der Waals surface area contributed by atoms with Gasteiger partial charge in [-0.3, -0.25) is 8.89 Å². The second kappa shape index (κ2) is 16.9. The van der Waals surface area contributed by atoms with E-state index in [0.29, 0.717) is 39.3 Å². The van der Waals surface area contributed by atoms with Gasteiger partial charge in [-0.15, -0.1) is 0 Å². The molecule has 0 saturated carbocycles. The van der Waals surface area contributed by atoms with Crippen molar-refractivity contribution in [2.24, 2.45) is 0 Å². The fraction of sp³-hybridized carbons (Fsp3) is 1.00. The Morgan fingerprint density at radius 1 is 0.556 bits per heavy atom. The maximum Gasteiger partial charge on any atom is 0.460 e. The second-order valence-electron chi connectivity index (χ2n) is 7.85. The quantitative estimate of drug-likeness (QED) is 0.0849. The molecule has 0 radical (unpaired) electrons. The molecule has 220 valence electrons. The number of rotatable bonds is 21. The predicted molar refractivity (Wildman–Crippen MR) is 112 cm³/mol. The molecule has 5 nitrogen and oxygen atoms in total. The van der Waals surface area contributed by atoms with E-state index in [0.717, 1.165) is 38.5 Å². The van der Waals surface area contributed by atoms with E-state index < -0.39 is 40.0 Å². The van der Waals surface area contributed by atoms with E-state index in [1.807, 2.05) is 0 Å². The molecule has 0 unspecified atom stereocenters. The van der Waals surface area contributed by atoms with Gasteiger partial charge in [-0.05, 0) is 19.3 Å². The van der Waals surface area contributed by atoms with E-state index in [4.69, 9.17) is 9.47 Å². The van der Waals surface area contributed by atoms with Crippen molar-refractivity contribution in [3.63, 3.8) is 0 Å². The van der Waals surface area contributed by atoms with Crippen molar-refractivity contribution in [1.29, 1.82) is 0 Å². The molecule has 0 spiro atoms. The van der Waals surface area contributed by atoms with E-state index in [-0.39, 0.29) is 17.5 Å². The smallest absolute Gasteiger partial charge is 0.379 e. The largest absolute Gasteiger partial charge is 0.460 e. The highest BCUT2D eigenvalue weighted by atomic mass is 32.2. The van der Waals surface area contributed by atoms with Gasteiger partial charge in [0, 0.05) is 13.2 Å². The van der Waals surface area contributed by atoms with Crippen molar-refractivity contribution >= 4 is 10.1 Å². The molecule has 0 saturated heterocycles. The van der Waals surface area contributed by atoms with Crippen LogP contribution < -0.4 is 0 Å². The van der Waals surface area contributed by atoms with Crippen LogP contribution in [0.3, 0.4) is 0 Å². The Hall–Kier alpha value is -0.870. The average Bonchev–Trinajstić information content (AvgIpc) is 2.74. The van der Waals surface area contributed by atoms with Gasteiger partial charge in [-0.2, -0.15) is 47.9 Å². The molecule has 36 heavy (non-hydrogen) atoms.